The quantitative estimate of drug-likeness (QED) is 0.214. The van der Waals surface area contributed by atoms with E-state index in [0.29, 0.717) is 10.8 Å². The Balaban J connectivity index is 0.000000308. The SMILES string of the molecule is CCOc1cc(Oc2ccc(C(F)(F)F)cc2Cl)ccc1[N+](=O)[O-].Cc1cc(Cl)ccc1OC(C)C(=O)O. The van der Waals surface area contributed by atoms with Gasteiger partial charge in [-0.15, -0.1) is 0 Å². The number of carboxylic acid groups (broad SMARTS) is 1. The Kier molecular flexibility index (Phi) is 10.6. The monoisotopic (exact) mass is 575 g/mol. The number of halogens is 5. The van der Waals surface area contributed by atoms with Gasteiger partial charge < -0.3 is 19.3 Å². The largest absolute Gasteiger partial charge is 0.487 e. The van der Waals surface area contributed by atoms with Crippen LogP contribution in [-0.2, 0) is 11.0 Å². The van der Waals surface area contributed by atoms with E-state index in [1.165, 1.54) is 25.1 Å². The van der Waals surface area contributed by atoms with Crippen LogP contribution >= 0.6 is 23.2 Å². The second kappa shape index (κ2) is 13.2. The highest BCUT2D eigenvalue weighted by molar-refractivity contribution is 6.32. The number of aliphatic carboxylic acids is 1. The number of alkyl halides is 3. The van der Waals surface area contributed by atoms with Crippen molar-refractivity contribution in [3.8, 4) is 23.0 Å². The smallest absolute Gasteiger partial charge is 0.416 e. The summed E-state index contributed by atoms with van der Waals surface area (Å²) in [5, 5.41) is 19.9. The highest BCUT2D eigenvalue weighted by Gasteiger charge is 2.31. The van der Waals surface area contributed by atoms with Crippen LogP contribution in [0, 0.1) is 17.0 Å². The van der Waals surface area contributed by atoms with E-state index in [1.807, 2.05) is 6.92 Å². The Labute approximate surface area is 225 Å². The Morgan fingerprint density at radius 2 is 1.71 bits per heavy atom. The Bertz CT molecular complexity index is 1300. The zero-order valence-electron chi connectivity index (χ0n) is 20.2. The van der Waals surface area contributed by atoms with E-state index in [4.69, 9.17) is 42.5 Å². The van der Waals surface area contributed by atoms with Crippen molar-refractivity contribution in [3.05, 3.63) is 85.9 Å². The first-order chi connectivity index (χ1) is 17.7. The lowest BCUT2D eigenvalue weighted by atomic mass is 10.2. The zero-order valence-corrected chi connectivity index (χ0v) is 21.7. The first kappa shape index (κ1) is 30.5. The van der Waals surface area contributed by atoms with Crippen molar-refractivity contribution in [1.82, 2.24) is 0 Å². The fourth-order valence-corrected chi connectivity index (χ4v) is 3.30. The molecule has 0 aliphatic heterocycles. The minimum Gasteiger partial charge on any atom is -0.487 e. The molecule has 3 aromatic rings. The highest BCUT2D eigenvalue weighted by atomic mass is 35.5. The molecular formula is C25H22Cl2F3NO7. The van der Waals surface area contributed by atoms with Gasteiger partial charge in [-0.25, -0.2) is 4.79 Å². The summed E-state index contributed by atoms with van der Waals surface area (Å²) < 4.78 is 53.6. The summed E-state index contributed by atoms with van der Waals surface area (Å²) in [7, 11) is 0. The van der Waals surface area contributed by atoms with Crippen molar-refractivity contribution in [2.45, 2.75) is 33.1 Å². The average Bonchev–Trinajstić information content (AvgIpc) is 2.82. The molecule has 0 heterocycles. The Morgan fingerprint density at radius 3 is 2.24 bits per heavy atom. The summed E-state index contributed by atoms with van der Waals surface area (Å²) in [6.45, 7) is 5.15. The fraction of sp³-hybridized carbons (Fsp3) is 0.240. The van der Waals surface area contributed by atoms with Crippen LogP contribution in [0.1, 0.15) is 25.0 Å². The molecule has 1 atom stereocenters. The molecule has 0 aliphatic rings. The predicted octanol–water partition coefficient (Wildman–Crippen LogP) is 7.96. The Morgan fingerprint density at radius 1 is 1.05 bits per heavy atom. The third kappa shape index (κ3) is 8.70. The second-order valence-corrected chi connectivity index (χ2v) is 8.42. The molecule has 13 heteroatoms. The van der Waals surface area contributed by atoms with Crippen LogP contribution in [0.3, 0.4) is 0 Å². The molecule has 38 heavy (non-hydrogen) atoms. The predicted molar refractivity (Wildman–Crippen MR) is 135 cm³/mol. The number of aryl methyl sites for hydroxylation is 1. The standard InChI is InChI=1S/C15H11ClF3NO4.C10H11ClO3/c1-2-23-14-8-10(4-5-12(14)20(21)22)24-13-6-3-9(7-11(13)16)15(17,18)19;1-6-5-8(11)3-4-9(6)14-7(2)10(12)13/h3-8H,2H2,1H3;3-5,7H,1-2H3,(H,12,13). The molecule has 204 valence electrons. The molecule has 0 bridgehead atoms. The molecule has 0 saturated heterocycles. The van der Waals surface area contributed by atoms with E-state index in [2.05, 4.69) is 0 Å². The van der Waals surface area contributed by atoms with Gasteiger partial charge in [0.15, 0.2) is 6.10 Å². The molecule has 0 amide bonds. The summed E-state index contributed by atoms with van der Waals surface area (Å²) in [5.74, 6) is -0.321. The third-order valence-electron chi connectivity index (χ3n) is 4.70. The second-order valence-electron chi connectivity index (χ2n) is 7.57. The normalized spacial score (nSPS) is 11.6. The van der Waals surface area contributed by atoms with E-state index < -0.39 is 28.7 Å². The van der Waals surface area contributed by atoms with Gasteiger partial charge in [-0.05, 0) is 68.8 Å². The van der Waals surface area contributed by atoms with Crippen molar-refractivity contribution in [1.29, 1.82) is 0 Å². The molecule has 3 rings (SSSR count). The van der Waals surface area contributed by atoms with Crippen LogP contribution in [0.4, 0.5) is 18.9 Å². The lowest BCUT2D eigenvalue weighted by molar-refractivity contribution is -0.385. The molecule has 0 fully saturated rings. The summed E-state index contributed by atoms with van der Waals surface area (Å²) in [6, 6.07) is 11.5. The van der Waals surface area contributed by atoms with Gasteiger partial charge in [0.1, 0.15) is 17.2 Å². The number of rotatable bonds is 8. The maximum Gasteiger partial charge on any atom is 0.416 e. The van der Waals surface area contributed by atoms with Gasteiger partial charge in [0.2, 0.25) is 5.75 Å². The molecule has 0 saturated carbocycles. The van der Waals surface area contributed by atoms with Gasteiger partial charge in [0, 0.05) is 17.2 Å². The summed E-state index contributed by atoms with van der Waals surface area (Å²) in [6.07, 6.45) is -5.37. The lowest BCUT2D eigenvalue weighted by Gasteiger charge is -2.12. The maximum absolute atomic E-state index is 12.6. The molecule has 1 unspecified atom stereocenters. The van der Waals surface area contributed by atoms with Crippen LogP contribution in [0.25, 0.3) is 0 Å². The van der Waals surface area contributed by atoms with Crippen LogP contribution in [0.5, 0.6) is 23.0 Å². The van der Waals surface area contributed by atoms with Crippen LogP contribution in [0.15, 0.2) is 54.6 Å². The fourth-order valence-electron chi connectivity index (χ4n) is 2.85. The number of carboxylic acids is 1. The van der Waals surface area contributed by atoms with Gasteiger partial charge in [-0.1, -0.05) is 23.2 Å². The number of hydrogen-bond donors (Lipinski definition) is 1. The van der Waals surface area contributed by atoms with E-state index in [1.54, 1.807) is 25.1 Å². The first-order valence-corrected chi connectivity index (χ1v) is 11.6. The lowest BCUT2D eigenvalue weighted by Crippen LogP contribution is -2.23. The van der Waals surface area contributed by atoms with Gasteiger partial charge in [0.05, 0.1) is 22.1 Å². The van der Waals surface area contributed by atoms with E-state index in [0.717, 1.165) is 23.8 Å². The number of carbonyl (C=O) groups is 1. The molecule has 8 nitrogen and oxygen atoms in total. The van der Waals surface area contributed by atoms with Crippen molar-refractivity contribution < 1.29 is 42.2 Å². The molecule has 0 radical (unpaired) electrons. The minimum absolute atomic E-state index is 0.0111. The number of nitrogens with zero attached hydrogens (tertiary/aromatic N) is 1. The topological polar surface area (TPSA) is 108 Å². The van der Waals surface area contributed by atoms with E-state index in [9.17, 15) is 28.1 Å². The molecule has 1 N–H and O–H groups in total. The van der Waals surface area contributed by atoms with Crippen molar-refractivity contribution in [2.24, 2.45) is 0 Å². The summed E-state index contributed by atoms with van der Waals surface area (Å²) in [4.78, 5) is 20.8. The number of hydrogen-bond acceptors (Lipinski definition) is 6. The number of nitro groups is 1. The van der Waals surface area contributed by atoms with E-state index >= 15 is 0 Å². The Hall–Kier alpha value is -3.70. The summed E-state index contributed by atoms with van der Waals surface area (Å²) in [5.41, 5.74) is -0.327. The molecule has 0 aliphatic carbocycles. The number of benzene rings is 3. The maximum atomic E-state index is 12.6. The van der Waals surface area contributed by atoms with Crippen molar-refractivity contribution >= 4 is 34.9 Å². The molecule has 3 aromatic carbocycles. The summed E-state index contributed by atoms with van der Waals surface area (Å²) >= 11 is 11.5. The van der Waals surface area contributed by atoms with Crippen LogP contribution in [0.2, 0.25) is 10.0 Å². The molecule has 0 aromatic heterocycles. The van der Waals surface area contributed by atoms with Gasteiger partial charge in [0.25, 0.3) is 0 Å². The first-order valence-electron chi connectivity index (χ1n) is 10.8. The molecule has 0 spiro atoms. The van der Waals surface area contributed by atoms with Gasteiger partial charge in [-0.3, -0.25) is 10.1 Å². The van der Waals surface area contributed by atoms with E-state index in [-0.39, 0.29) is 34.6 Å². The van der Waals surface area contributed by atoms with Gasteiger partial charge >= 0.3 is 17.8 Å². The highest BCUT2D eigenvalue weighted by Crippen LogP contribution is 2.38. The molecular weight excluding hydrogens is 554 g/mol. The average molecular weight is 576 g/mol. The van der Waals surface area contributed by atoms with Crippen LogP contribution in [-0.4, -0.2) is 28.7 Å². The van der Waals surface area contributed by atoms with Gasteiger partial charge in [-0.2, -0.15) is 13.2 Å². The zero-order chi connectivity index (χ0) is 28.6. The van der Waals surface area contributed by atoms with Crippen LogP contribution < -0.4 is 14.2 Å². The minimum atomic E-state index is -4.52. The van der Waals surface area contributed by atoms with Crippen molar-refractivity contribution in [2.75, 3.05) is 6.61 Å². The number of ether oxygens (including phenoxy) is 3. The van der Waals surface area contributed by atoms with Crippen molar-refractivity contribution in [3.63, 3.8) is 0 Å². The number of nitro benzene ring substituents is 1. The third-order valence-corrected chi connectivity index (χ3v) is 5.23.